The van der Waals surface area contributed by atoms with Crippen LogP contribution in [-0.4, -0.2) is 110 Å². The zero-order valence-electron chi connectivity index (χ0n) is 33.9. The molecule has 0 heterocycles. The molecule has 0 aromatic carbocycles. The third-order valence-electron chi connectivity index (χ3n) is 6.07. The fraction of sp³-hybridized carbons (Fsp3) is 0.833. The molecule has 0 aliphatic carbocycles. The number of rotatable bonds is 20. The second-order valence-corrected chi connectivity index (χ2v) is 16.2. The van der Waals surface area contributed by atoms with Gasteiger partial charge in [0.15, 0.2) is 0 Å². The molecule has 0 aliphatic heterocycles. The van der Waals surface area contributed by atoms with Gasteiger partial charge in [-0.3, -0.25) is 0 Å². The lowest BCUT2D eigenvalue weighted by Gasteiger charge is -2.23. The smallest absolute Gasteiger partial charge is 0.408 e. The Morgan fingerprint density at radius 2 is 0.736 bits per heavy atom. The number of ether oxygens (including phenoxy) is 7. The highest BCUT2D eigenvalue weighted by Crippen LogP contribution is 2.12. The van der Waals surface area contributed by atoms with Crippen molar-refractivity contribution in [2.75, 3.05) is 39.5 Å². The van der Waals surface area contributed by atoms with Gasteiger partial charge in [0.05, 0.1) is 13.2 Å². The minimum absolute atomic E-state index is 0.0213. The van der Waals surface area contributed by atoms with Crippen LogP contribution >= 0.6 is 0 Å². The number of carbonyl (C=O) groups is 6. The summed E-state index contributed by atoms with van der Waals surface area (Å²) in [6, 6.07) is -2.01. The van der Waals surface area contributed by atoms with Crippen molar-refractivity contribution in [2.45, 2.75) is 156 Å². The van der Waals surface area contributed by atoms with Crippen molar-refractivity contribution < 1.29 is 61.9 Å². The largest absolute Gasteiger partial charge is 0.462 e. The third-order valence-corrected chi connectivity index (χ3v) is 6.07. The van der Waals surface area contributed by atoms with Crippen LogP contribution in [0, 0.1) is 0 Å². The van der Waals surface area contributed by atoms with E-state index in [9.17, 15) is 28.8 Å². The number of esters is 2. The van der Waals surface area contributed by atoms with Crippen LogP contribution in [0.25, 0.3) is 0 Å². The molecule has 0 spiro atoms. The van der Waals surface area contributed by atoms with Crippen molar-refractivity contribution in [3.05, 3.63) is 0 Å². The van der Waals surface area contributed by atoms with E-state index in [-0.39, 0.29) is 39.3 Å². The van der Waals surface area contributed by atoms with Gasteiger partial charge < -0.3 is 54.4 Å². The van der Waals surface area contributed by atoms with Gasteiger partial charge in [-0.2, -0.15) is 0 Å². The maximum absolute atomic E-state index is 12.8. The van der Waals surface area contributed by atoms with Gasteiger partial charge in [-0.1, -0.05) is 0 Å². The first-order valence-corrected chi connectivity index (χ1v) is 18.1. The Morgan fingerprint density at radius 3 is 1.04 bits per heavy atom. The van der Waals surface area contributed by atoms with E-state index in [1.54, 1.807) is 83.1 Å². The monoisotopic (exact) mass is 762 g/mol. The average molecular weight is 763 g/mol. The molecule has 17 nitrogen and oxygen atoms in total. The van der Waals surface area contributed by atoms with Gasteiger partial charge in [0.1, 0.15) is 47.7 Å². The molecule has 17 heteroatoms. The highest BCUT2D eigenvalue weighted by Gasteiger charge is 2.27. The molecule has 0 bridgehead atoms. The molecule has 0 saturated carbocycles. The van der Waals surface area contributed by atoms with Gasteiger partial charge >= 0.3 is 36.3 Å². The highest BCUT2D eigenvalue weighted by molar-refractivity contribution is 5.82. The molecule has 4 amide bonds. The van der Waals surface area contributed by atoms with Gasteiger partial charge in [0.25, 0.3) is 0 Å². The van der Waals surface area contributed by atoms with Crippen molar-refractivity contribution in [3.8, 4) is 0 Å². The molecule has 4 N–H and O–H groups in total. The summed E-state index contributed by atoms with van der Waals surface area (Å²) < 4.78 is 37.0. The molecule has 0 aliphatic rings. The predicted molar refractivity (Wildman–Crippen MR) is 195 cm³/mol. The molecular formula is C36H66N4O13. The summed E-state index contributed by atoms with van der Waals surface area (Å²) in [6.07, 6.45) is -0.223. The zero-order valence-corrected chi connectivity index (χ0v) is 33.9. The van der Waals surface area contributed by atoms with E-state index in [4.69, 9.17) is 33.2 Å². The summed E-state index contributed by atoms with van der Waals surface area (Å²) in [5.41, 5.74) is -2.81. The Morgan fingerprint density at radius 1 is 0.434 bits per heavy atom. The van der Waals surface area contributed by atoms with E-state index in [1.165, 1.54) is 0 Å². The van der Waals surface area contributed by atoms with E-state index in [2.05, 4.69) is 21.3 Å². The van der Waals surface area contributed by atoms with Crippen LogP contribution < -0.4 is 21.3 Å². The lowest BCUT2D eigenvalue weighted by Crippen LogP contribution is -2.44. The van der Waals surface area contributed by atoms with E-state index in [1.807, 2.05) is 0 Å². The van der Waals surface area contributed by atoms with Crippen LogP contribution in [0.2, 0.25) is 0 Å². The Hall–Kier alpha value is -4.02. The van der Waals surface area contributed by atoms with Crippen molar-refractivity contribution in [1.82, 2.24) is 21.3 Å². The van der Waals surface area contributed by atoms with Gasteiger partial charge in [-0.05, 0) is 122 Å². The van der Waals surface area contributed by atoms with E-state index in [0.29, 0.717) is 38.8 Å². The molecule has 2 unspecified atom stereocenters. The maximum atomic E-state index is 12.8. The number of hydrogen-bond donors (Lipinski definition) is 4. The molecule has 0 saturated heterocycles. The average Bonchev–Trinajstić information content (AvgIpc) is 2.95. The van der Waals surface area contributed by atoms with E-state index >= 15 is 0 Å². The summed E-state index contributed by atoms with van der Waals surface area (Å²) >= 11 is 0. The number of unbranched alkanes of at least 4 members (excludes halogenated alkanes) is 2. The number of hydrogen-bond acceptors (Lipinski definition) is 13. The molecule has 308 valence electrons. The quantitative estimate of drug-likeness (QED) is 0.0708. The maximum Gasteiger partial charge on any atom is 0.408 e. The minimum atomic E-state index is -1.00. The first-order valence-electron chi connectivity index (χ1n) is 18.1. The number of alkyl carbamates (subject to hydrolysis) is 4. The molecule has 0 aromatic rings. The fourth-order valence-electron chi connectivity index (χ4n) is 4.06. The van der Waals surface area contributed by atoms with Gasteiger partial charge in [0, 0.05) is 13.1 Å². The SMILES string of the molecule is CC(C)(C)OC(=O)NCCCCC(NC(=O)OC(C)(C)C)C(=O)OCCOCCOC(=O)C(CCCCNC(=O)OC(C)(C)C)NC(=O)OC(C)(C)C. The van der Waals surface area contributed by atoms with Crippen LogP contribution in [0.15, 0.2) is 0 Å². The minimum Gasteiger partial charge on any atom is -0.462 e. The predicted octanol–water partition coefficient (Wildman–Crippen LogP) is 5.27. The fourth-order valence-corrected chi connectivity index (χ4v) is 4.06. The number of nitrogens with one attached hydrogen (secondary N) is 4. The molecule has 2 atom stereocenters. The summed E-state index contributed by atoms with van der Waals surface area (Å²) in [4.78, 5) is 74.1. The summed E-state index contributed by atoms with van der Waals surface area (Å²) in [6.45, 7) is 21.0. The van der Waals surface area contributed by atoms with Crippen LogP contribution in [0.1, 0.15) is 122 Å². The summed E-state index contributed by atoms with van der Waals surface area (Å²) in [7, 11) is 0. The molecule has 0 rings (SSSR count). The molecule has 0 radical (unpaired) electrons. The Kier molecular flexibility index (Phi) is 21.8. The topological polar surface area (TPSA) is 215 Å². The van der Waals surface area contributed by atoms with E-state index < -0.39 is 70.8 Å². The molecule has 53 heavy (non-hydrogen) atoms. The number of amides is 4. The Balaban J connectivity index is 4.84. The van der Waals surface area contributed by atoms with E-state index in [0.717, 1.165) is 0 Å². The van der Waals surface area contributed by atoms with Crippen molar-refractivity contribution in [2.24, 2.45) is 0 Å². The lowest BCUT2D eigenvalue weighted by atomic mass is 10.1. The van der Waals surface area contributed by atoms with Crippen LogP contribution in [0.4, 0.5) is 19.2 Å². The van der Waals surface area contributed by atoms with Crippen LogP contribution in [0.3, 0.4) is 0 Å². The highest BCUT2D eigenvalue weighted by atomic mass is 16.6. The first kappa shape index (κ1) is 49.0. The van der Waals surface area contributed by atoms with Gasteiger partial charge in [-0.25, -0.2) is 28.8 Å². The lowest BCUT2D eigenvalue weighted by molar-refractivity contribution is -0.149. The van der Waals surface area contributed by atoms with Crippen molar-refractivity contribution >= 4 is 36.3 Å². The van der Waals surface area contributed by atoms with Gasteiger partial charge in [-0.15, -0.1) is 0 Å². The second kappa shape index (κ2) is 23.6. The van der Waals surface area contributed by atoms with Crippen molar-refractivity contribution in [3.63, 3.8) is 0 Å². The van der Waals surface area contributed by atoms with Crippen molar-refractivity contribution in [1.29, 1.82) is 0 Å². The second-order valence-electron chi connectivity index (χ2n) is 16.2. The zero-order chi connectivity index (χ0) is 40.9. The van der Waals surface area contributed by atoms with Crippen LogP contribution in [-0.2, 0) is 42.7 Å². The standard InChI is InChI=1S/C36H66N4O13/c1-33(2,3)50-29(43)37-19-15-13-17-25(39-31(45)52-35(7,8)9)27(41)48-23-21-47-22-24-49-28(42)26(40-32(46)53-36(10,11)12)18-14-16-20-38-30(44)51-34(4,5)6/h25-26H,13-24H2,1-12H3,(H,37,43)(H,38,44)(H,39,45)(H,40,46). The summed E-state index contributed by atoms with van der Waals surface area (Å²) in [5, 5.41) is 10.4. The molecular weight excluding hydrogens is 696 g/mol. The molecule has 0 fully saturated rings. The van der Waals surface area contributed by atoms with Gasteiger partial charge in [0.2, 0.25) is 0 Å². The normalized spacial score (nSPS) is 13.1. The third kappa shape index (κ3) is 30.2. The summed E-state index contributed by atoms with van der Waals surface area (Å²) in [5.74, 6) is -1.38. The Labute approximate surface area is 314 Å². The first-order chi connectivity index (χ1) is 24.3. The number of carbonyl (C=O) groups excluding carboxylic acids is 6. The Bertz CT molecular complexity index is 1060. The molecule has 0 aromatic heterocycles. The van der Waals surface area contributed by atoms with Crippen LogP contribution in [0.5, 0.6) is 0 Å².